The number of nitrogens with zero attached hydrogens (tertiary/aromatic N) is 1. The van der Waals surface area contributed by atoms with Crippen molar-refractivity contribution in [2.24, 2.45) is 0 Å². The van der Waals surface area contributed by atoms with Crippen LogP contribution in [0.1, 0.15) is 5.56 Å². The maximum atomic E-state index is 12.9. The monoisotopic (exact) mass is 411 g/mol. The lowest BCUT2D eigenvalue weighted by Gasteiger charge is -2.34. The molecule has 1 aliphatic heterocycles. The highest BCUT2D eigenvalue weighted by molar-refractivity contribution is 6.70. The third kappa shape index (κ3) is 3.03. The van der Waals surface area contributed by atoms with Crippen LogP contribution in [-0.4, -0.2) is 28.4 Å². The van der Waals surface area contributed by atoms with E-state index in [9.17, 15) is 14.7 Å². The molecule has 0 aliphatic carbocycles. The number of alkyl halides is 2. The Labute approximate surface area is 164 Å². The van der Waals surface area contributed by atoms with Crippen molar-refractivity contribution in [1.82, 2.24) is 0 Å². The lowest BCUT2D eigenvalue weighted by atomic mass is 9.96. The van der Waals surface area contributed by atoms with Gasteiger partial charge in [-0.05, 0) is 42.0 Å². The number of hydrogen-bond acceptors (Lipinski definition) is 4. The minimum Gasteiger partial charge on any atom is -0.508 e. The van der Waals surface area contributed by atoms with Gasteiger partial charge < -0.3 is 9.84 Å². The summed E-state index contributed by atoms with van der Waals surface area (Å²) in [5.41, 5.74) is 0.624. The Morgan fingerprint density at radius 1 is 1.00 bits per heavy atom. The van der Waals surface area contributed by atoms with Crippen LogP contribution in [0.15, 0.2) is 53.6 Å². The van der Waals surface area contributed by atoms with Crippen LogP contribution in [0.5, 0.6) is 11.5 Å². The first-order chi connectivity index (χ1) is 12.3. The molecule has 0 spiro atoms. The van der Waals surface area contributed by atoms with E-state index in [1.165, 1.54) is 31.4 Å². The number of methoxy groups -OCH3 is 1. The van der Waals surface area contributed by atoms with E-state index in [2.05, 4.69) is 0 Å². The maximum Gasteiger partial charge on any atom is 0.277 e. The molecule has 3 rings (SSSR count). The molecule has 0 atom stereocenters. The van der Waals surface area contributed by atoms with Gasteiger partial charge in [0.1, 0.15) is 16.5 Å². The number of carbonyl (C=O) groups is 2. The van der Waals surface area contributed by atoms with E-state index < -0.39 is 16.1 Å². The van der Waals surface area contributed by atoms with Gasteiger partial charge in [-0.1, -0.05) is 46.9 Å². The smallest absolute Gasteiger partial charge is 0.277 e. The zero-order chi connectivity index (χ0) is 19.1. The molecule has 5 nitrogen and oxygen atoms in total. The van der Waals surface area contributed by atoms with E-state index in [0.717, 1.165) is 4.90 Å². The number of ether oxygens (including phenoxy) is 1. The average molecular weight is 413 g/mol. The number of phenols is 1. The highest BCUT2D eigenvalue weighted by atomic mass is 35.5. The van der Waals surface area contributed by atoms with Crippen LogP contribution in [-0.2, 0) is 9.59 Å². The molecule has 2 aromatic rings. The fraction of sp³-hybridized carbons (Fsp3) is 0.111. The summed E-state index contributed by atoms with van der Waals surface area (Å²) in [5, 5.41) is 9.12. The Bertz CT molecular complexity index is 905. The Morgan fingerprint density at radius 3 is 2.12 bits per heavy atom. The zero-order valence-corrected chi connectivity index (χ0v) is 15.6. The summed E-state index contributed by atoms with van der Waals surface area (Å²) in [5.74, 6) is -1.05. The summed E-state index contributed by atoms with van der Waals surface area (Å²) >= 11 is 18.9. The normalized spacial score (nSPS) is 16.8. The molecule has 0 saturated carbocycles. The molecule has 0 fully saturated rings. The molecule has 0 radical (unpaired) electrons. The molecule has 134 valence electrons. The molecule has 8 heteroatoms. The van der Waals surface area contributed by atoms with E-state index in [1.807, 2.05) is 0 Å². The SMILES string of the molecule is COc1ccc(C2=C(Cl)C(=O)N(c3ccc(O)cc3)C(=O)C2(Cl)Cl)cc1. The second kappa shape index (κ2) is 6.83. The average Bonchev–Trinajstić information content (AvgIpc) is 2.62. The number of amides is 2. The van der Waals surface area contributed by atoms with Gasteiger partial charge in [0.2, 0.25) is 4.33 Å². The van der Waals surface area contributed by atoms with Gasteiger partial charge in [-0.2, -0.15) is 0 Å². The lowest BCUT2D eigenvalue weighted by Crippen LogP contribution is -2.51. The highest BCUT2D eigenvalue weighted by Crippen LogP contribution is 2.46. The molecular weight excluding hydrogens is 401 g/mol. The zero-order valence-electron chi connectivity index (χ0n) is 13.4. The van der Waals surface area contributed by atoms with Gasteiger partial charge in [-0.25, -0.2) is 4.90 Å². The van der Waals surface area contributed by atoms with E-state index >= 15 is 0 Å². The lowest BCUT2D eigenvalue weighted by molar-refractivity contribution is -0.124. The number of carbonyl (C=O) groups excluding carboxylic acids is 2. The topological polar surface area (TPSA) is 66.8 Å². The third-order valence-corrected chi connectivity index (χ3v) is 4.93. The summed E-state index contributed by atoms with van der Waals surface area (Å²) in [7, 11) is 1.51. The highest BCUT2D eigenvalue weighted by Gasteiger charge is 2.51. The number of aromatic hydroxyl groups is 1. The second-order valence-electron chi connectivity index (χ2n) is 5.45. The first kappa shape index (κ1) is 18.6. The van der Waals surface area contributed by atoms with Gasteiger partial charge in [0.15, 0.2) is 0 Å². The molecule has 0 aromatic heterocycles. The Hall–Kier alpha value is -2.21. The molecule has 1 aliphatic rings. The molecule has 1 N–H and O–H groups in total. The van der Waals surface area contributed by atoms with Gasteiger partial charge in [-0.3, -0.25) is 9.59 Å². The van der Waals surface area contributed by atoms with Crippen molar-refractivity contribution in [1.29, 1.82) is 0 Å². The van der Waals surface area contributed by atoms with Gasteiger partial charge in [0.05, 0.1) is 12.8 Å². The summed E-state index contributed by atoms with van der Waals surface area (Å²) in [6, 6.07) is 11.9. The van der Waals surface area contributed by atoms with Crippen LogP contribution in [0.3, 0.4) is 0 Å². The van der Waals surface area contributed by atoms with Crippen molar-refractivity contribution in [3.05, 3.63) is 59.1 Å². The van der Waals surface area contributed by atoms with Gasteiger partial charge >= 0.3 is 0 Å². The van der Waals surface area contributed by atoms with Crippen molar-refractivity contribution in [3.8, 4) is 11.5 Å². The van der Waals surface area contributed by atoms with Crippen LogP contribution in [0.25, 0.3) is 5.57 Å². The molecule has 1 heterocycles. The summed E-state index contributed by atoms with van der Waals surface area (Å²) < 4.78 is 3.01. The van der Waals surface area contributed by atoms with E-state index in [0.29, 0.717) is 11.3 Å². The molecule has 2 aromatic carbocycles. The molecular formula is C18H12Cl3NO4. The Morgan fingerprint density at radius 2 is 1.58 bits per heavy atom. The maximum absolute atomic E-state index is 12.9. The quantitative estimate of drug-likeness (QED) is 0.609. The van der Waals surface area contributed by atoms with Crippen LogP contribution in [0, 0.1) is 0 Å². The standard InChI is InChI=1S/C18H12Cl3NO4/c1-26-13-8-2-10(3-9-13)14-15(19)16(24)22(17(25)18(14,20)21)11-4-6-12(23)7-5-11/h2-9,23H,1H3. The van der Waals surface area contributed by atoms with Crippen molar-refractivity contribution >= 4 is 57.9 Å². The predicted molar refractivity (Wildman–Crippen MR) is 101 cm³/mol. The number of imide groups is 1. The Kier molecular flexibility index (Phi) is 4.88. The fourth-order valence-electron chi connectivity index (χ4n) is 2.58. The number of hydrogen-bond donors (Lipinski definition) is 1. The minimum atomic E-state index is -2.07. The van der Waals surface area contributed by atoms with E-state index in [4.69, 9.17) is 39.5 Å². The van der Waals surface area contributed by atoms with Crippen LogP contribution < -0.4 is 9.64 Å². The fourth-order valence-corrected chi connectivity index (χ4v) is 3.59. The first-order valence-electron chi connectivity index (χ1n) is 7.37. The van der Waals surface area contributed by atoms with Crippen molar-refractivity contribution in [2.45, 2.75) is 4.33 Å². The Balaban J connectivity index is 2.13. The number of phenolic OH excluding ortho intramolecular Hbond substituents is 1. The molecule has 26 heavy (non-hydrogen) atoms. The van der Waals surface area contributed by atoms with Crippen LogP contribution in [0.4, 0.5) is 5.69 Å². The molecule has 0 saturated heterocycles. The third-order valence-electron chi connectivity index (χ3n) is 3.88. The first-order valence-corrected chi connectivity index (χ1v) is 8.51. The number of halogens is 3. The van der Waals surface area contributed by atoms with Crippen molar-refractivity contribution < 1.29 is 19.4 Å². The molecule has 2 amide bonds. The van der Waals surface area contributed by atoms with E-state index in [-0.39, 0.29) is 22.0 Å². The van der Waals surface area contributed by atoms with Crippen molar-refractivity contribution in [3.63, 3.8) is 0 Å². The largest absolute Gasteiger partial charge is 0.508 e. The number of benzene rings is 2. The molecule has 0 bridgehead atoms. The van der Waals surface area contributed by atoms with Gasteiger partial charge in [0, 0.05) is 5.57 Å². The number of anilines is 1. The predicted octanol–water partition coefficient (Wildman–Crippen LogP) is 4.10. The summed E-state index contributed by atoms with van der Waals surface area (Å²) in [6.45, 7) is 0. The molecule has 0 unspecified atom stereocenters. The minimum absolute atomic E-state index is 0.00943. The van der Waals surface area contributed by atoms with Gasteiger partial charge in [0.25, 0.3) is 11.8 Å². The summed E-state index contributed by atoms with van der Waals surface area (Å²) in [6.07, 6.45) is 0. The van der Waals surface area contributed by atoms with Crippen molar-refractivity contribution in [2.75, 3.05) is 12.0 Å². The van der Waals surface area contributed by atoms with Crippen LogP contribution >= 0.6 is 34.8 Å². The van der Waals surface area contributed by atoms with Crippen LogP contribution in [0.2, 0.25) is 0 Å². The number of rotatable bonds is 3. The van der Waals surface area contributed by atoms with E-state index in [1.54, 1.807) is 24.3 Å². The van der Waals surface area contributed by atoms with Gasteiger partial charge in [-0.15, -0.1) is 0 Å². The summed E-state index contributed by atoms with van der Waals surface area (Å²) in [4.78, 5) is 26.4. The second-order valence-corrected chi connectivity index (χ2v) is 7.16.